The molecule has 6 heteroatoms. The SMILES string of the molecule is COc1ccccc1[C@H]1CN(c2ncnc3[nH]ccc23)[C@@H]2C3CCN(CC3)[C@H]12. The van der Waals surface area contributed by atoms with Crippen molar-refractivity contribution in [3.63, 3.8) is 0 Å². The highest BCUT2D eigenvalue weighted by Gasteiger charge is 2.54. The number of H-pyrrole nitrogens is 1. The maximum atomic E-state index is 5.75. The fourth-order valence-corrected chi connectivity index (χ4v) is 6.00. The molecule has 0 saturated carbocycles. The van der Waals surface area contributed by atoms with Crippen molar-refractivity contribution in [2.24, 2.45) is 5.92 Å². The number of aromatic nitrogens is 3. The number of rotatable bonds is 3. The minimum atomic E-state index is 0.424. The predicted molar refractivity (Wildman–Crippen MR) is 109 cm³/mol. The average Bonchev–Trinajstić information content (AvgIpc) is 3.40. The monoisotopic (exact) mass is 375 g/mol. The second-order valence-electron chi connectivity index (χ2n) is 8.29. The predicted octanol–water partition coefficient (Wildman–Crippen LogP) is 3.03. The molecule has 4 fully saturated rings. The van der Waals surface area contributed by atoms with Crippen molar-refractivity contribution in [1.29, 1.82) is 0 Å². The Morgan fingerprint density at radius 3 is 2.79 bits per heavy atom. The van der Waals surface area contributed by atoms with E-state index in [0.29, 0.717) is 18.0 Å². The van der Waals surface area contributed by atoms with Gasteiger partial charge in [-0.05, 0) is 44.0 Å². The van der Waals surface area contributed by atoms with E-state index in [1.165, 1.54) is 31.5 Å². The van der Waals surface area contributed by atoms with Crippen LogP contribution < -0.4 is 9.64 Å². The van der Waals surface area contributed by atoms with Crippen LogP contribution in [0.2, 0.25) is 0 Å². The highest BCUT2D eigenvalue weighted by Crippen LogP contribution is 2.49. The Bertz CT molecular complexity index is 1010. The van der Waals surface area contributed by atoms with Crippen LogP contribution in [0.1, 0.15) is 24.3 Å². The van der Waals surface area contributed by atoms with Gasteiger partial charge in [-0.1, -0.05) is 18.2 Å². The summed E-state index contributed by atoms with van der Waals surface area (Å²) >= 11 is 0. The Morgan fingerprint density at radius 1 is 1.07 bits per heavy atom. The Hall–Kier alpha value is -2.60. The first-order valence-corrected chi connectivity index (χ1v) is 10.3. The van der Waals surface area contributed by atoms with E-state index in [4.69, 9.17) is 9.72 Å². The van der Waals surface area contributed by atoms with E-state index in [-0.39, 0.29) is 0 Å². The lowest BCUT2D eigenvalue weighted by Gasteiger charge is -2.51. The first-order valence-electron chi connectivity index (χ1n) is 10.3. The third-order valence-corrected chi connectivity index (χ3v) is 7.14. The second-order valence-corrected chi connectivity index (χ2v) is 8.29. The lowest BCUT2D eigenvalue weighted by atomic mass is 9.75. The molecule has 2 aromatic heterocycles. The Morgan fingerprint density at radius 2 is 1.93 bits per heavy atom. The first kappa shape index (κ1) is 16.4. The van der Waals surface area contributed by atoms with Crippen LogP contribution in [0.3, 0.4) is 0 Å². The van der Waals surface area contributed by atoms with Crippen molar-refractivity contribution in [2.45, 2.75) is 30.8 Å². The third-order valence-electron chi connectivity index (χ3n) is 7.14. The number of benzene rings is 1. The lowest BCUT2D eigenvalue weighted by molar-refractivity contribution is 0.0352. The molecule has 28 heavy (non-hydrogen) atoms. The number of para-hydroxylation sites is 1. The molecule has 0 radical (unpaired) electrons. The van der Waals surface area contributed by atoms with Crippen LogP contribution in [0.4, 0.5) is 5.82 Å². The molecule has 4 aliphatic heterocycles. The molecule has 4 saturated heterocycles. The molecule has 0 unspecified atom stereocenters. The first-order chi connectivity index (χ1) is 13.8. The molecular formula is C22H25N5O. The van der Waals surface area contributed by atoms with Gasteiger partial charge >= 0.3 is 0 Å². The fourth-order valence-electron chi connectivity index (χ4n) is 6.00. The number of nitrogens with one attached hydrogen (secondary N) is 1. The van der Waals surface area contributed by atoms with Crippen molar-refractivity contribution in [3.8, 4) is 5.75 Å². The molecule has 144 valence electrons. The Labute approximate surface area is 164 Å². The Kier molecular flexibility index (Phi) is 3.63. The summed E-state index contributed by atoms with van der Waals surface area (Å²) in [6, 6.07) is 11.7. The van der Waals surface area contributed by atoms with Gasteiger partial charge in [-0.15, -0.1) is 0 Å². The second kappa shape index (κ2) is 6.21. The maximum Gasteiger partial charge on any atom is 0.142 e. The van der Waals surface area contributed by atoms with Crippen molar-refractivity contribution in [3.05, 3.63) is 48.4 Å². The topological polar surface area (TPSA) is 57.3 Å². The molecule has 1 N–H and O–H groups in total. The van der Waals surface area contributed by atoms with Crippen LogP contribution in [0.25, 0.3) is 11.0 Å². The highest BCUT2D eigenvalue weighted by molar-refractivity contribution is 5.87. The van der Waals surface area contributed by atoms with Crippen molar-refractivity contribution in [2.75, 3.05) is 31.6 Å². The van der Waals surface area contributed by atoms with Gasteiger partial charge in [0.25, 0.3) is 0 Å². The third kappa shape index (κ3) is 2.24. The molecule has 3 atom stereocenters. The van der Waals surface area contributed by atoms with E-state index < -0.39 is 0 Å². The van der Waals surface area contributed by atoms with Gasteiger partial charge < -0.3 is 14.6 Å². The fraction of sp³-hybridized carbons (Fsp3) is 0.455. The average molecular weight is 375 g/mol. The standard InChI is InChI=1S/C22H25N5O/c1-28-18-5-3-2-4-15(18)17-12-27(19-14-7-10-26(11-8-14)20(17)19)22-16-6-9-23-21(16)24-13-25-22/h2-6,9,13-14,17,19-20H,7-8,10-12H2,1H3,(H,23,24,25)/t17-,19-,20-/m1/s1. The molecule has 6 heterocycles. The quantitative estimate of drug-likeness (QED) is 0.763. The summed E-state index contributed by atoms with van der Waals surface area (Å²) < 4.78 is 5.75. The zero-order chi connectivity index (χ0) is 18.7. The van der Waals surface area contributed by atoms with Gasteiger partial charge in [0.15, 0.2) is 0 Å². The Balaban J connectivity index is 1.49. The van der Waals surface area contributed by atoms with Gasteiger partial charge in [-0.2, -0.15) is 0 Å². The van der Waals surface area contributed by atoms with Crippen LogP contribution in [-0.4, -0.2) is 58.7 Å². The van der Waals surface area contributed by atoms with Crippen LogP contribution in [-0.2, 0) is 0 Å². The number of hydrogen-bond donors (Lipinski definition) is 1. The minimum Gasteiger partial charge on any atom is -0.496 e. The molecule has 2 bridgehead atoms. The lowest BCUT2D eigenvalue weighted by Crippen LogP contribution is -2.60. The summed E-state index contributed by atoms with van der Waals surface area (Å²) in [4.78, 5) is 17.7. The summed E-state index contributed by atoms with van der Waals surface area (Å²) in [7, 11) is 1.78. The van der Waals surface area contributed by atoms with Crippen molar-refractivity contribution < 1.29 is 4.74 Å². The van der Waals surface area contributed by atoms with Gasteiger partial charge in [0.2, 0.25) is 0 Å². The summed E-state index contributed by atoms with van der Waals surface area (Å²) in [6.45, 7) is 3.41. The number of fused-ring (bicyclic) bond motifs is 3. The van der Waals surface area contributed by atoms with E-state index in [9.17, 15) is 0 Å². The van der Waals surface area contributed by atoms with Crippen LogP contribution in [0.15, 0.2) is 42.9 Å². The van der Waals surface area contributed by atoms with E-state index >= 15 is 0 Å². The normalized spacial score (nSPS) is 31.3. The molecule has 0 amide bonds. The van der Waals surface area contributed by atoms with E-state index in [0.717, 1.165) is 35.1 Å². The molecule has 3 aromatic rings. The number of methoxy groups -OCH3 is 1. The zero-order valence-corrected chi connectivity index (χ0v) is 16.1. The summed E-state index contributed by atoms with van der Waals surface area (Å²) in [5.41, 5.74) is 2.25. The number of piperidine rings is 3. The molecular weight excluding hydrogens is 350 g/mol. The zero-order valence-electron chi connectivity index (χ0n) is 16.1. The van der Waals surface area contributed by atoms with E-state index in [1.54, 1.807) is 13.4 Å². The maximum absolute atomic E-state index is 5.75. The van der Waals surface area contributed by atoms with E-state index in [1.807, 2.05) is 6.20 Å². The van der Waals surface area contributed by atoms with Gasteiger partial charge in [-0.3, -0.25) is 4.90 Å². The molecule has 6 nitrogen and oxygen atoms in total. The van der Waals surface area contributed by atoms with Gasteiger partial charge in [-0.25, -0.2) is 9.97 Å². The molecule has 4 aliphatic rings. The summed E-state index contributed by atoms with van der Waals surface area (Å²) in [5, 5.41) is 1.12. The van der Waals surface area contributed by atoms with Crippen LogP contribution in [0, 0.1) is 5.92 Å². The van der Waals surface area contributed by atoms with Gasteiger partial charge in [0, 0.05) is 36.3 Å². The number of ether oxygens (including phenoxy) is 1. The number of hydrogen-bond acceptors (Lipinski definition) is 5. The molecule has 0 spiro atoms. The van der Waals surface area contributed by atoms with Gasteiger partial charge in [0.1, 0.15) is 23.5 Å². The van der Waals surface area contributed by atoms with Crippen LogP contribution in [0.5, 0.6) is 5.75 Å². The van der Waals surface area contributed by atoms with Crippen molar-refractivity contribution in [1.82, 2.24) is 19.9 Å². The molecule has 7 rings (SSSR count). The number of nitrogens with zero attached hydrogens (tertiary/aromatic N) is 4. The minimum absolute atomic E-state index is 0.424. The number of anilines is 1. The summed E-state index contributed by atoms with van der Waals surface area (Å²) in [5.74, 6) is 3.24. The molecule has 1 aromatic carbocycles. The largest absolute Gasteiger partial charge is 0.496 e. The molecule has 0 aliphatic carbocycles. The van der Waals surface area contributed by atoms with Gasteiger partial charge in [0.05, 0.1) is 12.5 Å². The summed E-state index contributed by atoms with van der Waals surface area (Å²) in [6.07, 6.45) is 6.24. The smallest absolute Gasteiger partial charge is 0.142 e. The van der Waals surface area contributed by atoms with E-state index in [2.05, 4.69) is 50.1 Å². The highest BCUT2D eigenvalue weighted by atomic mass is 16.5. The number of aromatic amines is 1. The van der Waals surface area contributed by atoms with Crippen molar-refractivity contribution >= 4 is 16.9 Å². The van der Waals surface area contributed by atoms with Crippen LogP contribution >= 0.6 is 0 Å².